The standard InChI is InChI=1S/C15H23N3O5S2/c16-15(19)6-12-24(20,21)13-11-17-7-9-18(10-8-17)25(22,23)14-4-2-1-3-5-14/h1-5H,6-13H2,(H2,16,19). The fourth-order valence-electron chi connectivity index (χ4n) is 2.56. The third-order valence-corrected chi connectivity index (χ3v) is 7.63. The topological polar surface area (TPSA) is 118 Å². The second-order valence-electron chi connectivity index (χ2n) is 5.93. The largest absolute Gasteiger partial charge is 0.370 e. The Bertz CT molecular complexity index is 786. The zero-order chi connectivity index (χ0) is 18.5. The number of carbonyl (C=O) groups is 1. The van der Waals surface area contributed by atoms with Gasteiger partial charge in [0.1, 0.15) is 0 Å². The Labute approximate surface area is 148 Å². The van der Waals surface area contributed by atoms with Crippen molar-refractivity contribution in [1.29, 1.82) is 0 Å². The van der Waals surface area contributed by atoms with Gasteiger partial charge in [0, 0.05) is 39.1 Å². The molecule has 0 bridgehead atoms. The summed E-state index contributed by atoms with van der Waals surface area (Å²) >= 11 is 0. The Morgan fingerprint density at radius 1 is 0.960 bits per heavy atom. The van der Waals surface area contributed by atoms with E-state index in [1.54, 1.807) is 30.3 Å². The van der Waals surface area contributed by atoms with E-state index < -0.39 is 25.8 Å². The number of amides is 1. The van der Waals surface area contributed by atoms with Crippen LogP contribution in [0.5, 0.6) is 0 Å². The van der Waals surface area contributed by atoms with E-state index in [-0.39, 0.29) is 22.8 Å². The highest BCUT2D eigenvalue weighted by Crippen LogP contribution is 2.17. The van der Waals surface area contributed by atoms with Crippen molar-refractivity contribution in [2.45, 2.75) is 11.3 Å². The lowest BCUT2D eigenvalue weighted by molar-refractivity contribution is -0.117. The van der Waals surface area contributed by atoms with Crippen molar-refractivity contribution in [3.05, 3.63) is 30.3 Å². The summed E-state index contributed by atoms with van der Waals surface area (Å²) in [4.78, 5) is 12.9. The molecule has 0 unspecified atom stereocenters. The summed E-state index contributed by atoms with van der Waals surface area (Å²) in [5, 5.41) is 0. The molecule has 140 valence electrons. The fourth-order valence-corrected chi connectivity index (χ4v) is 5.26. The molecule has 2 N–H and O–H groups in total. The van der Waals surface area contributed by atoms with Gasteiger partial charge in [-0.1, -0.05) is 18.2 Å². The van der Waals surface area contributed by atoms with Crippen LogP contribution in [0, 0.1) is 0 Å². The minimum Gasteiger partial charge on any atom is -0.370 e. The molecule has 10 heteroatoms. The molecule has 1 aromatic rings. The molecule has 1 fully saturated rings. The Morgan fingerprint density at radius 3 is 2.12 bits per heavy atom. The first kappa shape index (κ1) is 19.8. The maximum absolute atomic E-state index is 12.5. The summed E-state index contributed by atoms with van der Waals surface area (Å²) < 4.78 is 50.2. The molecule has 0 saturated carbocycles. The molecule has 0 atom stereocenters. The van der Waals surface area contributed by atoms with Crippen molar-refractivity contribution in [2.75, 3.05) is 44.2 Å². The maximum Gasteiger partial charge on any atom is 0.243 e. The van der Waals surface area contributed by atoms with E-state index in [9.17, 15) is 21.6 Å². The molecule has 1 aromatic carbocycles. The smallest absolute Gasteiger partial charge is 0.243 e. The van der Waals surface area contributed by atoms with Crippen LogP contribution in [-0.2, 0) is 24.7 Å². The second kappa shape index (κ2) is 8.26. The number of primary amides is 1. The lowest BCUT2D eigenvalue weighted by atomic mass is 10.4. The predicted octanol–water partition coefficient (Wildman–Crippen LogP) is -0.717. The van der Waals surface area contributed by atoms with Gasteiger partial charge in [0.25, 0.3) is 0 Å². The van der Waals surface area contributed by atoms with Crippen LogP contribution in [0.2, 0.25) is 0 Å². The van der Waals surface area contributed by atoms with E-state index in [4.69, 9.17) is 5.73 Å². The number of sulfonamides is 1. The first-order valence-corrected chi connectivity index (χ1v) is 11.2. The van der Waals surface area contributed by atoms with Gasteiger partial charge in [-0.25, -0.2) is 16.8 Å². The average Bonchev–Trinajstić information content (AvgIpc) is 2.60. The summed E-state index contributed by atoms with van der Waals surface area (Å²) in [5.74, 6) is -0.945. The summed E-state index contributed by atoms with van der Waals surface area (Å²) in [6.07, 6.45) is -0.175. The van der Waals surface area contributed by atoms with Crippen LogP contribution in [0.3, 0.4) is 0 Å². The van der Waals surface area contributed by atoms with E-state index in [1.165, 1.54) is 4.31 Å². The quantitative estimate of drug-likeness (QED) is 0.627. The van der Waals surface area contributed by atoms with Crippen LogP contribution < -0.4 is 5.73 Å². The van der Waals surface area contributed by atoms with Crippen LogP contribution in [0.15, 0.2) is 35.2 Å². The van der Waals surface area contributed by atoms with Crippen LogP contribution in [0.1, 0.15) is 6.42 Å². The first-order valence-electron chi connectivity index (χ1n) is 7.97. The normalized spacial score (nSPS) is 17.4. The number of sulfone groups is 1. The molecule has 1 heterocycles. The summed E-state index contributed by atoms with van der Waals surface area (Å²) in [5.41, 5.74) is 4.97. The number of benzene rings is 1. The molecule has 1 amide bonds. The molecule has 1 aliphatic rings. The van der Waals surface area contributed by atoms with Crippen molar-refractivity contribution in [3.8, 4) is 0 Å². The van der Waals surface area contributed by atoms with Crippen molar-refractivity contribution in [3.63, 3.8) is 0 Å². The molecular weight excluding hydrogens is 366 g/mol. The van der Waals surface area contributed by atoms with Crippen LogP contribution >= 0.6 is 0 Å². The first-order chi connectivity index (χ1) is 11.7. The minimum atomic E-state index is -3.51. The highest BCUT2D eigenvalue weighted by Gasteiger charge is 2.28. The zero-order valence-corrected chi connectivity index (χ0v) is 15.5. The molecule has 2 rings (SSSR count). The Hall–Kier alpha value is -1.49. The van der Waals surface area contributed by atoms with Gasteiger partial charge >= 0.3 is 0 Å². The number of hydrogen-bond donors (Lipinski definition) is 1. The van der Waals surface area contributed by atoms with Crippen LogP contribution in [0.4, 0.5) is 0 Å². The number of hydrogen-bond acceptors (Lipinski definition) is 6. The number of piperazine rings is 1. The van der Waals surface area contributed by atoms with Gasteiger partial charge in [0.2, 0.25) is 15.9 Å². The van der Waals surface area contributed by atoms with Gasteiger partial charge in [-0.15, -0.1) is 0 Å². The Kier molecular flexibility index (Phi) is 6.55. The summed E-state index contributed by atoms with van der Waals surface area (Å²) in [7, 11) is -6.85. The van der Waals surface area contributed by atoms with E-state index in [2.05, 4.69) is 0 Å². The highest BCUT2D eigenvalue weighted by molar-refractivity contribution is 7.91. The molecule has 1 aliphatic heterocycles. The third-order valence-electron chi connectivity index (χ3n) is 4.09. The Balaban J connectivity index is 1.85. The number of rotatable bonds is 8. The van der Waals surface area contributed by atoms with Crippen molar-refractivity contribution in [2.24, 2.45) is 5.73 Å². The summed E-state index contributed by atoms with van der Waals surface area (Å²) in [6, 6.07) is 8.25. The molecule has 8 nitrogen and oxygen atoms in total. The monoisotopic (exact) mass is 389 g/mol. The molecule has 0 aliphatic carbocycles. The summed E-state index contributed by atoms with van der Waals surface area (Å²) in [6.45, 7) is 1.90. The predicted molar refractivity (Wildman–Crippen MR) is 94.1 cm³/mol. The van der Waals surface area contributed by atoms with Crippen molar-refractivity contribution in [1.82, 2.24) is 9.21 Å². The van der Waals surface area contributed by atoms with Gasteiger partial charge in [-0.3, -0.25) is 9.69 Å². The van der Waals surface area contributed by atoms with Gasteiger partial charge in [0.15, 0.2) is 9.84 Å². The molecular formula is C15H23N3O5S2. The van der Waals surface area contributed by atoms with E-state index in [1.807, 2.05) is 4.90 Å². The van der Waals surface area contributed by atoms with E-state index >= 15 is 0 Å². The highest BCUT2D eigenvalue weighted by atomic mass is 32.2. The average molecular weight is 389 g/mol. The van der Waals surface area contributed by atoms with Crippen molar-refractivity contribution < 1.29 is 21.6 Å². The number of nitrogens with two attached hydrogens (primary N) is 1. The molecule has 0 spiro atoms. The number of carbonyl (C=O) groups excluding carboxylic acids is 1. The minimum absolute atomic E-state index is 0.0638. The molecule has 1 saturated heterocycles. The van der Waals surface area contributed by atoms with Gasteiger partial charge in [0.05, 0.1) is 16.4 Å². The van der Waals surface area contributed by atoms with Crippen LogP contribution in [0.25, 0.3) is 0 Å². The lowest BCUT2D eigenvalue weighted by Gasteiger charge is -2.33. The molecule has 0 aromatic heterocycles. The third kappa shape index (κ3) is 5.77. The van der Waals surface area contributed by atoms with Gasteiger partial charge < -0.3 is 5.73 Å². The molecule has 0 radical (unpaired) electrons. The van der Waals surface area contributed by atoms with Gasteiger partial charge in [-0.2, -0.15) is 4.31 Å². The van der Waals surface area contributed by atoms with Gasteiger partial charge in [-0.05, 0) is 12.1 Å². The van der Waals surface area contributed by atoms with Crippen LogP contribution in [-0.4, -0.2) is 76.2 Å². The fraction of sp³-hybridized carbons (Fsp3) is 0.533. The SMILES string of the molecule is NC(=O)CCS(=O)(=O)CCN1CCN(S(=O)(=O)c2ccccc2)CC1. The maximum atomic E-state index is 12.5. The van der Waals surface area contributed by atoms with Crippen molar-refractivity contribution >= 4 is 25.8 Å². The number of nitrogens with zero attached hydrogens (tertiary/aromatic N) is 2. The Morgan fingerprint density at radius 2 is 1.56 bits per heavy atom. The van der Waals surface area contributed by atoms with E-state index in [0.717, 1.165) is 0 Å². The van der Waals surface area contributed by atoms with E-state index in [0.29, 0.717) is 32.7 Å². The second-order valence-corrected chi connectivity index (χ2v) is 10.2. The molecule has 25 heavy (non-hydrogen) atoms. The zero-order valence-electron chi connectivity index (χ0n) is 13.9. The lowest BCUT2D eigenvalue weighted by Crippen LogP contribution is -2.49.